The third-order valence-electron chi connectivity index (χ3n) is 20.4. The average molecular weight is 1170 g/mol. The Hall–Kier alpha value is -7.80. The Balaban J connectivity index is 1.03. The minimum absolute atomic E-state index is 0.00507. The van der Waals surface area contributed by atoms with E-state index in [9.17, 15) is 0 Å². The van der Waals surface area contributed by atoms with Crippen molar-refractivity contribution in [2.24, 2.45) is 0 Å². The van der Waals surface area contributed by atoms with Crippen LogP contribution >= 0.6 is 11.3 Å². The molecule has 0 radical (unpaired) electrons. The highest BCUT2D eigenvalue weighted by Crippen LogP contribution is 2.59. The zero-order chi connectivity index (χ0) is 61.4. The molecule has 4 heterocycles. The molecule has 0 bridgehead atoms. The number of benzene rings is 9. The summed E-state index contributed by atoms with van der Waals surface area (Å²) in [4.78, 5) is 7.82. The number of hydrogen-bond acceptors (Lipinski definition) is 5. The van der Waals surface area contributed by atoms with E-state index in [1.54, 1.807) is 0 Å². The normalized spacial score (nSPS) is 15.5. The highest BCUT2D eigenvalue weighted by atomic mass is 32.1. The zero-order valence-corrected chi connectivity index (χ0v) is 55.3. The number of para-hydroxylation sites is 1. The van der Waals surface area contributed by atoms with Crippen LogP contribution in [0, 0.1) is 0 Å². The second kappa shape index (κ2) is 19.6. The standard InChI is InChI=1S/C82H84BN3OS/c1-77(2,3)50-27-33-55(34-28-50)84(56-35-29-51(30-36-56)78(4,5)6)66-40-41-67(75-72(66)60-24-18-20-26-70(60)87-75)86-65-39-31-53(80(10,11)12)46-64(65)83-73-68(47-54(48-69(73)86)81(13,14)15)85(74-61-45-52(79(7,8)9)32-42-71(61)88-76(74)83)57-37-38-59-58-23-17-19-25-62(58)82(63(59)49-57)43-21-16-22-44-82/h17-20,23-42,45-49H,16,21-22,43-44H2,1-15H3. The van der Waals surface area contributed by atoms with Crippen molar-refractivity contribution in [2.75, 3.05) is 14.7 Å². The van der Waals surface area contributed by atoms with Crippen LogP contribution in [0.2, 0.25) is 0 Å². The summed E-state index contributed by atoms with van der Waals surface area (Å²) in [6, 6.07) is 68.9. The quantitative estimate of drug-likeness (QED) is 0.160. The Bertz CT molecular complexity index is 4570. The minimum Gasteiger partial charge on any atom is -0.454 e. The van der Waals surface area contributed by atoms with Gasteiger partial charge in [0, 0.05) is 59.8 Å². The Kier molecular flexibility index (Phi) is 12.6. The van der Waals surface area contributed by atoms with Gasteiger partial charge in [-0.1, -0.05) is 214 Å². The molecule has 1 saturated carbocycles. The van der Waals surface area contributed by atoms with Crippen molar-refractivity contribution < 1.29 is 4.42 Å². The van der Waals surface area contributed by atoms with E-state index in [2.05, 4.69) is 294 Å². The SMILES string of the molecule is CC(C)(C)c1ccc(N(c2ccc(C(C)(C)C)cc2)c2ccc(N3c4ccc(C(C)(C)C)cc4B4c5sc6ccc(C(C)(C)C)cc6c5N(c5ccc6c(c5)C5(CCCCC5)c5ccccc5-6)c5cc(C(C)(C)C)cc3c54)c3oc4ccccc4c23)cc1. The first-order valence-electron chi connectivity index (χ1n) is 32.5. The lowest BCUT2D eigenvalue weighted by Gasteiger charge is -2.44. The maximum absolute atomic E-state index is 7.50. The van der Waals surface area contributed by atoms with Crippen molar-refractivity contribution in [3.63, 3.8) is 0 Å². The molecule has 11 aromatic rings. The predicted molar refractivity (Wildman–Crippen MR) is 381 cm³/mol. The lowest BCUT2D eigenvalue weighted by molar-refractivity contribution is 0.353. The fourth-order valence-corrected chi connectivity index (χ4v) is 16.8. The van der Waals surface area contributed by atoms with Crippen LogP contribution in [0.15, 0.2) is 180 Å². The molecule has 9 aromatic carbocycles. The molecule has 0 unspecified atom stereocenters. The molecular weight excluding hydrogens is 1090 g/mol. The predicted octanol–water partition coefficient (Wildman–Crippen LogP) is 22.1. The van der Waals surface area contributed by atoms with E-state index < -0.39 is 0 Å². The zero-order valence-electron chi connectivity index (χ0n) is 54.5. The molecule has 0 N–H and O–H groups in total. The van der Waals surface area contributed by atoms with Crippen LogP contribution in [0.4, 0.5) is 51.2 Å². The summed E-state index contributed by atoms with van der Waals surface area (Å²) < 4.78 is 10.2. The molecule has 2 aromatic heterocycles. The molecule has 2 aliphatic heterocycles. The van der Waals surface area contributed by atoms with E-state index in [1.807, 2.05) is 11.3 Å². The fourth-order valence-electron chi connectivity index (χ4n) is 15.5. The maximum atomic E-state index is 7.50. The lowest BCUT2D eigenvalue weighted by Crippen LogP contribution is -2.60. The van der Waals surface area contributed by atoms with Gasteiger partial charge in [0.1, 0.15) is 5.58 Å². The summed E-state index contributed by atoms with van der Waals surface area (Å²) in [6.45, 7) is 35.1. The van der Waals surface area contributed by atoms with E-state index in [0.717, 1.165) is 44.7 Å². The van der Waals surface area contributed by atoms with Gasteiger partial charge < -0.3 is 19.1 Å². The molecule has 88 heavy (non-hydrogen) atoms. The summed E-state index contributed by atoms with van der Waals surface area (Å²) in [6.07, 6.45) is 6.16. The third-order valence-corrected chi connectivity index (χ3v) is 21.6. The number of rotatable bonds is 5. The first-order chi connectivity index (χ1) is 41.8. The van der Waals surface area contributed by atoms with E-state index in [4.69, 9.17) is 4.42 Å². The van der Waals surface area contributed by atoms with Crippen molar-refractivity contribution in [2.45, 2.75) is 168 Å². The largest absolute Gasteiger partial charge is 0.454 e. The number of nitrogens with zero attached hydrogens (tertiary/aromatic N) is 3. The molecule has 2 aliphatic carbocycles. The average Bonchev–Trinajstić information content (AvgIpc) is 1.81. The number of hydrogen-bond donors (Lipinski definition) is 0. The molecule has 4 nitrogen and oxygen atoms in total. The van der Waals surface area contributed by atoms with Crippen molar-refractivity contribution in [3.8, 4) is 11.1 Å². The summed E-state index contributed by atoms with van der Waals surface area (Å²) in [5.74, 6) is 0. The van der Waals surface area contributed by atoms with Gasteiger partial charge in [-0.15, -0.1) is 11.3 Å². The van der Waals surface area contributed by atoms with Gasteiger partial charge in [-0.2, -0.15) is 0 Å². The molecule has 1 fully saturated rings. The van der Waals surface area contributed by atoms with Crippen molar-refractivity contribution in [1.82, 2.24) is 0 Å². The monoisotopic (exact) mass is 1170 g/mol. The van der Waals surface area contributed by atoms with Gasteiger partial charge in [0.2, 0.25) is 0 Å². The van der Waals surface area contributed by atoms with Gasteiger partial charge in [0.25, 0.3) is 6.71 Å². The second-order valence-corrected chi connectivity index (χ2v) is 32.4. The third kappa shape index (κ3) is 8.80. The Labute approximate surface area is 527 Å². The van der Waals surface area contributed by atoms with E-state index in [1.165, 1.54) is 136 Å². The van der Waals surface area contributed by atoms with Crippen LogP contribution in [-0.4, -0.2) is 6.71 Å². The number of furan rings is 1. The molecule has 442 valence electrons. The van der Waals surface area contributed by atoms with Crippen LogP contribution in [0.3, 0.4) is 0 Å². The van der Waals surface area contributed by atoms with Crippen molar-refractivity contribution in [3.05, 3.63) is 215 Å². The van der Waals surface area contributed by atoms with Gasteiger partial charge in [0.15, 0.2) is 5.58 Å². The summed E-state index contributed by atoms with van der Waals surface area (Å²) in [5, 5.41) is 3.51. The fraction of sp³-hybridized carbons (Fsp3) is 0.317. The maximum Gasteiger partial charge on any atom is 0.264 e. The molecule has 6 heteroatoms. The smallest absolute Gasteiger partial charge is 0.264 e. The molecule has 1 spiro atoms. The topological polar surface area (TPSA) is 22.9 Å². The summed E-state index contributed by atoms with van der Waals surface area (Å²) in [7, 11) is 0. The van der Waals surface area contributed by atoms with Gasteiger partial charge in [-0.05, 0) is 186 Å². The van der Waals surface area contributed by atoms with Crippen LogP contribution in [0.25, 0.3) is 43.2 Å². The molecule has 0 atom stereocenters. The van der Waals surface area contributed by atoms with Gasteiger partial charge in [-0.25, -0.2) is 0 Å². The van der Waals surface area contributed by atoms with Crippen LogP contribution in [-0.2, 0) is 32.5 Å². The van der Waals surface area contributed by atoms with Crippen molar-refractivity contribution in [1.29, 1.82) is 0 Å². The van der Waals surface area contributed by atoms with E-state index >= 15 is 0 Å². The molecule has 0 saturated heterocycles. The second-order valence-electron chi connectivity index (χ2n) is 31.3. The number of thiophene rings is 1. The lowest BCUT2D eigenvalue weighted by atomic mass is 9.36. The highest BCUT2D eigenvalue weighted by molar-refractivity contribution is 7.33. The van der Waals surface area contributed by atoms with Gasteiger partial charge in [0.05, 0.1) is 22.4 Å². The summed E-state index contributed by atoms with van der Waals surface area (Å²) in [5.41, 5.74) is 27.0. The van der Waals surface area contributed by atoms with Gasteiger partial charge >= 0.3 is 0 Å². The van der Waals surface area contributed by atoms with Gasteiger partial charge in [-0.3, -0.25) is 0 Å². The van der Waals surface area contributed by atoms with Crippen LogP contribution in [0.5, 0.6) is 0 Å². The van der Waals surface area contributed by atoms with E-state index in [0.29, 0.717) is 0 Å². The molecule has 4 aliphatic rings. The first kappa shape index (κ1) is 56.7. The minimum atomic E-state index is -0.207. The van der Waals surface area contributed by atoms with E-state index in [-0.39, 0.29) is 39.2 Å². The number of fused-ring (bicyclic) bond motifs is 14. The molecule has 0 amide bonds. The highest BCUT2D eigenvalue weighted by Gasteiger charge is 2.49. The van der Waals surface area contributed by atoms with Crippen LogP contribution in [0.1, 0.15) is 175 Å². The first-order valence-corrected chi connectivity index (χ1v) is 33.3. The summed E-state index contributed by atoms with van der Waals surface area (Å²) >= 11 is 2.00. The Morgan fingerprint density at radius 2 is 1.01 bits per heavy atom. The number of anilines is 9. The van der Waals surface area contributed by atoms with Crippen LogP contribution < -0.4 is 30.4 Å². The Morgan fingerprint density at radius 1 is 0.455 bits per heavy atom. The molecule has 15 rings (SSSR count). The van der Waals surface area contributed by atoms with Crippen molar-refractivity contribution >= 4 is 117 Å². The Morgan fingerprint density at radius 3 is 1.66 bits per heavy atom. The molecular formula is C82H84BN3OS.